The van der Waals surface area contributed by atoms with Crippen molar-refractivity contribution in [2.75, 3.05) is 20.3 Å². The molecule has 1 aromatic rings. The van der Waals surface area contributed by atoms with Crippen LogP contribution in [-0.4, -0.2) is 32.4 Å². The lowest BCUT2D eigenvalue weighted by atomic mass is 10.3. The molecule has 0 saturated heterocycles. The highest BCUT2D eigenvalue weighted by Crippen LogP contribution is 2.20. The zero-order valence-corrected chi connectivity index (χ0v) is 11.6. The van der Waals surface area contributed by atoms with Gasteiger partial charge < -0.3 is 14.8 Å². The topological polar surface area (TPSA) is 30.5 Å². The summed E-state index contributed by atoms with van der Waals surface area (Å²) in [5.41, 5.74) is 0. The molecule has 1 aliphatic rings. The first-order valence-electron chi connectivity index (χ1n) is 5.92. The standard InChI is InChI=1S/C13H18BrNO2/c1-16-9-13(8-15-11-4-5-11)17-12-6-2-10(14)3-7-12/h2-3,6-7,11,13,15H,4-5,8-9H2,1H3. The van der Waals surface area contributed by atoms with E-state index in [0.717, 1.165) is 16.8 Å². The molecule has 1 unspecified atom stereocenters. The maximum atomic E-state index is 5.88. The van der Waals surface area contributed by atoms with E-state index in [4.69, 9.17) is 9.47 Å². The Morgan fingerprint density at radius 3 is 2.65 bits per heavy atom. The fraction of sp³-hybridized carbons (Fsp3) is 0.538. The van der Waals surface area contributed by atoms with Crippen LogP contribution >= 0.6 is 15.9 Å². The van der Waals surface area contributed by atoms with Gasteiger partial charge in [0.15, 0.2) is 0 Å². The number of benzene rings is 1. The van der Waals surface area contributed by atoms with Crippen LogP contribution < -0.4 is 10.1 Å². The van der Waals surface area contributed by atoms with Gasteiger partial charge in [0.1, 0.15) is 11.9 Å². The molecule has 3 nitrogen and oxygen atoms in total. The minimum atomic E-state index is 0.0711. The first-order valence-corrected chi connectivity index (χ1v) is 6.72. The van der Waals surface area contributed by atoms with Crippen molar-refractivity contribution in [2.45, 2.75) is 25.0 Å². The maximum absolute atomic E-state index is 5.88. The van der Waals surface area contributed by atoms with Crippen molar-refractivity contribution in [1.29, 1.82) is 0 Å². The summed E-state index contributed by atoms with van der Waals surface area (Å²) in [6, 6.07) is 8.58. The van der Waals surface area contributed by atoms with Crippen LogP contribution in [0.5, 0.6) is 5.75 Å². The summed E-state index contributed by atoms with van der Waals surface area (Å²) in [4.78, 5) is 0. The molecule has 4 heteroatoms. The zero-order valence-electron chi connectivity index (χ0n) is 9.99. The Labute approximate surface area is 111 Å². The molecule has 1 saturated carbocycles. The third-order valence-corrected chi connectivity index (χ3v) is 3.21. The minimum Gasteiger partial charge on any atom is -0.487 e. The summed E-state index contributed by atoms with van der Waals surface area (Å²) < 4.78 is 12.1. The lowest BCUT2D eigenvalue weighted by Crippen LogP contribution is -2.35. The number of rotatable bonds is 7. The summed E-state index contributed by atoms with van der Waals surface area (Å²) in [6.07, 6.45) is 2.65. The number of hydrogen-bond acceptors (Lipinski definition) is 3. The Morgan fingerprint density at radius 1 is 1.35 bits per heavy atom. The number of ether oxygens (including phenoxy) is 2. The molecule has 0 radical (unpaired) electrons. The fourth-order valence-electron chi connectivity index (χ4n) is 1.61. The smallest absolute Gasteiger partial charge is 0.134 e. The number of hydrogen-bond donors (Lipinski definition) is 1. The quantitative estimate of drug-likeness (QED) is 0.839. The van der Waals surface area contributed by atoms with Crippen molar-refractivity contribution in [1.82, 2.24) is 5.32 Å². The molecule has 0 aliphatic heterocycles. The van der Waals surface area contributed by atoms with Crippen LogP contribution in [-0.2, 0) is 4.74 Å². The van der Waals surface area contributed by atoms with Crippen LogP contribution in [0.2, 0.25) is 0 Å². The SMILES string of the molecule is COCC(CNC1CC1)Oc1ccc(Br)cc1. The average molecular weight is 300 g/mol. The van der Waals surface area contributed by atoms with Crippen molar-refractivity contribution < 1.29 is 9.47 Å². The van der Waals surface area contributed by atoms with E-state index in [1.54, 1.807) is 7.11 Å². The highest BCUT2D eigenvalue weighted by molar-refractivity contribution is 9.10. The maximum Gasteiger partial charge on any atom is 0.134 e. The zero-order chi connectivity index (χ0) is 12.1. The van der Waals surface area contributed by atoms with Gasteiger partial charge in [0, 0.05) is 24.2 Å². The van der Waals surface area contributed by atoms with E-state index in [1.807, 2.05) is 24.3 Å². The average Bonchev–Trinajstić information content (AvgIpc) is 3.13. The van der Waals surface area contributed by atoms with Gasteiger partial charge in [0.05, 0.1) is 6.61 Å². The van der Waals surface area contributed by atoms with E-state index in [-0.39, 0.29) is 6.10 Å². The molecular weight excluding hydrogens is 282 g/mol. The van der Waals surface area contributed by atoms with Crippen molar-refractivity contribution >= 4 is 15.9 Å². The van der Waals surface area contributed by atoms with Crippen LogP contribution in [0.15, 0.2) is 28.7 Å². The summed E-state index contributed by atoms with van der Waals surface area (Å²) in [5.74, 6) is 0.882. The molecule has 2 rings (SSSR count). The predicted molar refractivity (Wildman–Crippen MR) is 71.5 cm³/mol. The lowest BCUT2D eigenvalue weighted by Gasteiger charge is -2.19. The molecule has 1 aliphatic carbocycles. The van der Waals surface area contributed by atoms with Crippen molar-refractivity contribution in [2.24, 2.45) is 0 Å². The third-order valence-electron chi connectivity index (χ3n) is 2.68. The summed E-state index contributed by atoms with van der Waals surface area (Å²) in [5, 5.41) is 3.46. The van der Waals surface area contributed by atoms with E-state index < -0.39 is 0 Å². The molecule has 1 fully saturated rings. The largest absolute Gasteiger partial charge is 0.487 e. The molecule has 0 bridgehead atoms. The van der Waals surface area contributed by atoms with E-state index in [2.05, 4.69) is 21.2 Å². The van der Waals surface area contributed by atoms with Gasteiger partial charge in [-0.05, 0) is 37.1 Å². The molecule has 0 amide bonds. The highest BCUT2D eigenvalue weighted by atomic mass is 79.9. The predicted octanol–water partition coefficient (Wildman–Crippen LogP) is 2.59. The molecule has 0 heterocycles. The Kier molecular flexibility index (Phi) is 4.83. The molecule has 1 N–H and O–H groups in total. The van der Waals surface area contributed by atoms with Gasteiger partial charge in [0.25, 0.3) is 0 Å². The second-order valence-electron chi connectivity index (χ2n) is 4.33. The van der Waals surface area contributed by atoms with Crippen LogP contribution in [0.3, 0.4) is 0 Å². The molecule has 17 heavy (non-hydrogen) atoms. The van der Waals surface area contributed by atoms with Gasteiger partial charge in [-0.1, -0.05) is 15.9 Å². The monoisotopic (exact) mass is 299 g/mol. The Hall–Kier alpha value is -0.580. The van der Waals surface area contributed by atoms with Crippen molar-refractivity contribution in [3.05, 3.63) is 28.7 Å². The number of nitrogens with one attached hydrogen (secondary N) is 1. The molecule has 94 valence electrons. The second-order valence-corrected chi connectivity index (χ2v) is 5.25. The van der Waals surface area contributed by atoms with Gasteiger partial charge in [0.2, 0.25) is 0 Å². The van der Waals surface area contributed by atoms with Crippen LogP contribution in [0.1, 0.15) is 12.8 Å². The molecule has 0 spiro atoms. The Bertz CT molecular complexity index is 338. The van der Waals surface area contributed by atoms with Crippen molar-refractivity contribution in [3.63, 3.8) is 0 Å². The van der Waals surface area contributed by atoms with Crippen molar-refractivity contribution in [3.8, 4) is 5.75 Å². The van der Waals surface area contributed by atoms with Crippen LogP contribution in [0.25, 0.3) is 0 Å². The van der Waals surface area contributed by atoms with Gasteiger partial charge in [-0.3, -0.25) is 0 Å². The van der Waals surface area contributed by atoms with E-state index in [9.17, 15) is 0 Å². The summed E-state index contributed by atoms with van der Waals surface area (Å²) in [6.45, 7) is 1.45. The Balaban J connectivity index is 1.84. The summed E-state index contributed by atoms with van der Waals surface area (Å²) in [7, 11) is 1.70. The van der Waals surface area contributed by atoms with Crippen LogP contribution in [0.4, 0.5) is 0 Å². The van der Waals surface area contributed by atoms with Crippen LogP contribution in [0, 0.1) is 0 Å². The van der Waals surface area contributed by atoms with Gasteiger partial charge >= 0.3 is 0 Å². The molecule has 0 aromatic heterocycles. The third kappa shape index (κ3) is 4.66. The fourth-order valence-corrected chi connectivity index (χ4v) is 1.88. The van der Waals surface area contributed by atoms with Gasteiger partial charge in [-0.15, -0.1) is 0 Å². The summed E-state index contributed by atoms with van der Waals surface area (Å²) >= 11 is 3.41. The second kappa shape index (κ2) is 6.38. The molecule has 1 aromatic carbocycles. The highest BCUT2D eigenvalue weighted by Gasteiger charge is 2.22. The minimum absolute atomic E-state index is 0.0711. The van der Waals surface area contributed by atoms with E-state index in [1.165, 1.54) is 12.8 Å². The normalized spacial score (nSPS) is 16.8. The van der Waals surface area contributed by atoms with Gasteiger partial charge in [-0.25, -0.2) is 0 Å². The van der Waals surface area contributed by atoms with E-state index >= 15 is 0 Å². The number of methoxy groups -OCH3 is 1. The first kappa shape index (κ1) is 12.9. The molecule has 1 atom stereocenters. The Morgan fingerprint density at radius 2 is 2.06 bits per heavy atom. The van der Waals surface area contributed by atoms with Gasteiger partial charge in [-0.2, -0.15) is 0 Å². The van der Waals surface area contributed by atoms with E-state index in [0.29, 0.717) is 12.6 Å². The lowest BCUT2D eigenvalue weighted by molar-refractivity contribution is 0.0804. The first-order chi connectivity index (χ1) is 8.28. The number of halogens is 1. The molecular formula is C13H18BrNO2.